The fourth-order valence-corrected chi connectivity index (χ4v) is 4.62. The number of unbranched alkanes of at least 4 members (excludes halogenated alkanes) is 11. The van der Waals surface area contributed by atoms with E-state index in [9.17, 15) is 13.0 Å². The first-order chi connectivity index (χ1) is 14.8. The Hall–Kier alpha value is -0.130. The van der Waals surface area contributed by atoms with Crippen molar-refractivity contribution in [2.75, 3.05) is 31.9 Å². The molecule has 0 aliphatic carbocycles. The summed E-state index contributed by atoms with van der Waals surface area (Å²) >= 11 is 0. The highest BCUT2D eigenvalue weighted by atomic mass is 32.2. The topological polar surface area (TPSA) is 57.2 Å². The predicted octanol–water partition coefficient (Wildman–Crippen LogP) is 7.68. The van der Waals surface area contributed by atoms with Gasteiger partial charge in [-0.2, -0.15) is 0 Å². The number of hydrogen-bond acceptors (Lipinski definition) is 3. The van der Waals surface area contributed by atoms with Gasteiger partial charge in [0.2, 0.25) is 0 Å². The van der Waals surface area contributed by atoms with Crippen molar-refractivity contribution >= 4 is 10.1 Å². The highest BCUT2D eigenvalue weighted by molar-refractivity contribution is 7.85. The Balaban J connectivity index is 0. The largest absolute Gasteiger partial charge is 0.748 e. The average molecular weight is 464 g/mol. The summed E-state index contributed by atoms with van der Waals surface area (Å²) in [6, 6.07) is 0. The van der Waals surface area contributed by atoms with Crippen molar-refractivity contribution < 1.29 is 17.5 Å². The number of rotatable bonds is 21. The first kappa shape index (κ1) is 33.0. The van der Waals surface area contributed by atoms with Gasteiger partial charge in [-0.25, -0.2) is 8.42 Å². The van der Waals surface area contributed by atoms with Gasteiger partial charge in [0.05, 0.1) is 36.3 Å². The molecule has 0 amide bonds. The quantitative estimate of drug-likeness (QED) is 0.0996. The lowest BCUT2D eigenvalue weighted by Gasteiger charge is -2.39. The van der Waals surface area contributed by atoms with Crippen LogP contribution >= 0.6 is 0 Å². The van der Waals surface area contributed by atoms with Gasteiger partial charge < -0.3 is 9.04 Å². The first-order valence-electron chi connectivity index (χ1n) is 13.6. The number of nitrogens with zero attached hydrogens (tertiary/aromatic N) is 1. The Kier molecular flexibility index (Phi) is 24.6. The minimum Gasteiger partial charge on any atom is -0.748 e. The zero-order chi connectivity index (χ0) is 23.8. The Labute approximate surface area is 196 Å². The van der Waals surface area contributed by atoms with E-state index in [0.717, 1.165) is 12.8 Å². The SMILES string of the molecule is CCCCCCCCCCS(=O)(=O)[O-].CCCC[N+](CCCC)(CCCC)CCCC. The Morgan fingerprint density at radius 1 is 0.484 bits per heavy atom. The molecule has 0 rings (SSSR count). The molecule has 0 spiro atoms. The van der Waals surface area contributed by atoms with Crippen LogP contribution in [0.2, 0.25) is 0 Å². The summed E-state index contributed by atoms with van der Waals surface area (Å²) < 4.78 is 32.2. The van der Waals surface area contributed by atoms with Gasteiger partial charge in [0.1, 0.15) is 0 Å². The molecule has 0 aromatic heterocycles. The molecule has 31 heavy (non-hydrogen) atoms. The molecule has 0 N–H and O–H groups in total. The van der Waals surface area contributed by atoms with Gasteiger partial charge >= 0.3 is 0 Å². The highest BCUT2D eigenvalue weighted by Gasteiger charge is 2.24. The number of quaternary nitrogens is 1. The Bertz CT molecular complexity index is 414. The van der Waals surface area contributed by atoms with Gasteiger partial charge in [0.15, 0.2) is 0 Å². The standard InChI is InChI=1S/C16H36N.C10H22O3S/c1-5-9-13-17(14-10-6-2,15-11-7-3)16-12-8-4;1-2-3-4-5-6-7-8-9-10-14(11,12)13/h5-16H2,1-4H3;2-10H2,1H3,(H,11,12,13)/q+1;/p-1. The van der Waals surface area contributed by atoms with Crippen LogP contribution in [0.3, 0.4) is 0 Å². The van der Waals surface area contributed by atoms with Crippen LogP contribution in [0.25, 0.3) is 0 Å². The molecule has 0 bridgehead atoms. The van der Waals surface area contributed by atoms with Gasteiger partial charge in [0, 0.05) is 5.75 Å². The molecule has 0 saturated carbocycles. The molecule has 0 aromatic rings. The maximum absolute atomic E-state index is 10.2. The molecule has 0 aliphatic heterocycles. The van der Waals surface area contributed by atoms with Crippen LogP contribution in [-0.4, -0.2) is 49.4 Å². The molecule has 5 heteroatoms. The smallest absolute Gasteiger partial charge is 0.0945 e. The summed E-state index contributed by atoms with van der Waals surface area (Å²) in [4.78, 5) is 0. The van der Waals surface area contributed by atoms with Crippen LogP contribution in [0, 0.1) is 0 Å². The summed E-state index contributed by atoms with van der Waals surface area (Å²) in [6.07, 6.45) is 19.7. The van der Waals surface area contributed by atoms with Gasteiger partial charge in [-0.15, -0.1) is 0 Å². The van der Waals surface area contributed by atoms with Crippen LogP contribution < -0.4 is 0 Å². The van der Waals surface area contributed by atoms with E-state index in [2.05, 4.69) is 34.6 Å². The number of hydrogen-bond donors (Lipinski definition) is 0. The van der Waals surface area contributed by atoms with E-state index in [4.69, 9.17) is 0 Å². The minimum absolute atomic E-state index is 0.193. The molecule has 0 radical (unpaired) electrons. The summed E-state index contributed by atoms with van der Waals surface area (Å²) in [6.45, 7) is 17.2. The maximum atomic E-state index is 10.2. The monoisotopic (exact) mass is 463 g/mol. The third-order valence-electron chi connectivity index (χ3n) is 6.19. The summed E-state index contributed by atoms with van der Waals surface area (Å²) in [7, 11) is -3.98. The molecular weight excluding hydrogens is 406 g/mol. The second kappa shape index (κ2) is 23.0. The van der Waals surface area contributed by atoms with E-state index < -0.39 is 10.1 Å². The predicted molar refractivity (Wildman–Crippen MR) is 137 cm³/mol. The van der Waals surface area contributed by atoms with Gasteiger partial charge in [0.25, 0.3) is 0 Å². The van der Waals surface area contributed by atoms with Gasteiger partial charge in [-0.05, 0) is 32.1 Å². The lowest BCUT2D eigenvalue weighted by atomic mass is 10.1. The molecular formula is C26H57NO3S. The molecule has 0 unspecified atom stereocenters. The van der Waals surface area contributed by atoms with Crippen molar-refractivity contribution in [1.29, 1.82) is 0 Å². The normalized spacial score (nSPS) is 11.9. The van der Waals surface area contributed by atoms with E-state index in [0.29, 0.717) is 6.42 Å². The van der Waals surface area contributed by atoms with Crippen molar-refractivity contribution in [2.24, 2.45) is 0 Å². The van der Waals surface area contributed by atoms with Crippen molar-refractivity contribution in [3.8, 4) is 0 Å². The van der Waals surface area contributed by atoms with Crippen LogP contribution in [0.5, 0.6) is 0 Å². The van der Waals surface area contributed by atoms with Crippen molar-refractivity contribution in [3.05, 3.63) is 0 Å². The molecule has 0 aromatic carbocycles. The molecule has 0 atom stereocenters. The van der Waals surface area contributed by atoms with Crippen LogP contribution in [-0.2, 0) is 10.1 Å². The molecule has 0 heterocycles. The van der Waals surface area contributed by atoms with E-state index in [1.54, 1.807) is 0 Å². The van der Waals surface area contributed by atoms with E-state index in [1.807, 2.05) is 0 Å². The fourth-order valence-electron chi connectivity index (χ4n) is 4.06. The fraction of sp³-hybridized carbons (Fsp3) is 1.00. The molecule has 190 valence electrons. The van der Waals surface area contributed by atoms with E-state index in [-0.39, 0.29) is 5.75 Å². The van der Waals surface area contributed by atoms with Gasteiger partial charge in [-0.3, -0.25) is 0 Å². The van der Waals surface area contributed by atoms with Crippen molar-refractivity contribution in [3.63, 3.8) is 0 Å². The van der Waals surface area contributed by atoms with Crippen LogP contribution in [0.1, 0.15) is 137 Å². The Morgan fingerprint density at radius 3 is 1.06 bits per heavy atom. The van der Waals surface area contributed by atoms with Crippen molar-refractivity contribution in [2.45, 2.75) is 137 Å². The third kappa shape index (κ3) is 24.3. The molecule has 4 nitrogen and oxygen atoms in total. The van der Waals surface area contributed by atoms with Crippen LogP contribution in [0.15, 0.2) is 0 Å². The second-order valence-corrected chi connectivity index (χ2v) is 10.9. The van der Waals surface area contributed by atoms with E-state index >= 15 is 0 Å². The van der Waals surface area contributed by atoms with E-state index in [1.165, 1.54) is 114 Å². The average Bonchev–Trinajstić information content (AvgIpc) is 2.74. The first-order valence-corrected chi connectivity index (χ1v) is 15.2. The summed E-state index contributed by atoms with van der Waals surface area (Å²) in [5.74, 6) is -0.193. The zero-order valence-electron chi connectivity index (χ0n) is 21.9. The minimum atomic E-state index is -3.98. The molecule has 0 fully saturated rings. The van der Waals surface area contributed by atoms with Gasteiger partial charge in [-0.1, -0.05) is 105 Å². The lowest BCUT2D eigenvalue weighted by Crippen LogP contribution is -2.50. The Morgan fingerprint density at radius 2 is 0.774 bits per heavy atom. The lowest BCUT2D eigenvalue weighted by molar-refractivity contribution is -0.929. The second-order valence-electron chi connectivity index (χ2n) is 9.39. The molecule has 0 saturated heterocycles. The van der Waals surface area contributed by atoms with Crippen LogP contribution in [0.4, 0.5) is 0 Å². The molecule has 0 aliphatic rings. The summed E-state index contributed by atoms with van der Waals surface area (Å²) in [5.41, 5.74) is 0. The third-order valence-corrected chi connectivity index (χ3v) is 6.98. The maximum Gasteiger partial charge on any atom is 0.0945 e. The zero-order valence-corrected chi connectivity index (χ0v) is 22.7. The highest BCUT2D eigenvalue weighted by Crippen LogP contribution is 2.16. The summed E-state index contributed by atoms with van der Waals surface area (Å²) in [5, 5.41) is 0. The van der Waals surface area contributed by atoms with Crippen molar-refractivity contribution in [1.82, 2.24) is 0 Å².